The second kappa shape index (κ2) is 10.6. The Kier molecular flexibility index (Phi) is 8.81. The maximum atomic E-state index is 11.8. The average Bonchev–Trinajstić information content (AvgIpc) is 2.64. The summed E-state index contributed by atoms with van der Waals surface area (Å²) in [5.41, 5.74) is 7.52. The fourth-order valence-electron chi connectivity index (χ4n) is 2.15. The zero-order chi connectivity index (χ0) is 17.4. The molecule has 0 bridgehead atoms. The van der Waals surface area contributed by atoms with Crippen LogP contribution in [-0.4, -0.2) is 19.6 Å². The molecule has 2 aromatic rings. The van der Waals surface area contributed by atoms with E-state index in [4.69, 9.17) is 15.2 Å². The molecule has 0 saturated heterocycles. The number of rotatable bonds is 8. The standard InChI is InChI=1S/C19H24N2O3.ClH/c1-14(11-20)19(22)21-12-16-8-9-17(18(10-16)23-2)24-13-15-6-4-3-5-7-15;/h3-10,14H,11-13,20H2,1-2H3,(H,21,22);1H. The maximum Gasteiger partial charge on any atom is 0.224 e. The molecule has 136 valence electrons. The summed E-state index contributed by atoms with van der Waals surface area (Å²) < 4.78 is 11.2. The van der Waals surface area contributed by atoms with Crippen LogP contribution in [0.1, 0.15) is 18.1 Å². The Morgan fingerprint density at radius 2 is 1.84 bits per heavy atom. The monoisotopic (exact) mass is 364 g/mol. The van der Waals surface area contributed by atoms with Crippen molar-refractivity contribution in [3.05, 3.63) is 59.7 Å². The highest BCUT2D eigenvalue weighted by Crippen LogP contribution is 2.28. The first kappa shape index (κ1) is 20.8. The van der Waals surface area contributed by atoms with Gasteiger partial charge in [-0.05, 0) is 23.3 Å². The van der Waals surface area contributed by atoms with Crippen LogP contribution in [0.4, 0.5) is 0 Å². The smallest absolute Gasteiger partial charge is 0.224 e. The van der Waals surface area contributed by atoms with Crippen molar-refractivity contribution in [1.29, 1.82) is 0 Å². The van der Waals surface area contributed by atoms with E-state index in [-0.39, 0.29) is 24.2 Å². The van der Waals surface area contributed by atoms with Crippen molar-refractivity contribution < 1.29 is 14.3 Å². The van der Waals surface area contributed by atoms with Gasteiger partial charge >= 0.3 is 0 Å². The highest BCUT2D eigenvalue weighted by molar-refractivity contribution is 5.85. The summed E-state index contributed by atoms with van der Waals surface area (Å²) >= 11 is 0. The molecular weight excluding hydrogens is 340 g/mol. The van der Waals surface area contributed by atoms with Crippen LogP contribution in [0.15, 0.2) is 48.5 Å². The Bertz CT molecular complexity index is 665. The molecule has 0 aromatic heterocycles. The molecule has 5 nitrogen and oxygen atoms in total. The number of nitrogens with one attached hydrogen (secondary N) is 1. The van der Waals surface area contributed by atoms with Gasteiger partial charge in [0.15, 0.2) is 11.5 Å². The van der Waals surface area contributed by atoms with Crippen LogP contribution in [0.3, 0.4) is 0 Å². The molecule has 3 N–H and O–H groups in total. The number of halogens is 1. The minimum absolute atomic E-state index is 0. The van der Waals surface area contributed by atoms with Gasteiger partial charge in [0.25, 0.3) is 0 Å². The highest BCUT2D eigenvalue weighted by atomic mass is 35.5. The largest absolute Gasteiger partial charge is 0.493 e. The molecule has 1 atom stereocenters. The SMILES string of the molecule is COc1cc(CNC(=O)C(C)CN)ccc1OCc1ccccc1.Cl. The van der Waals surface area contributed by atoms with E-state index < -0.39 is 0 Å². The van der Waals surface area contributed by atoms with Gasteiger partial charge in [-0.25, -0.2) is 0 Å². The summed E-state index contributed by atoms with van der Waals surface area (Å²) in [5.74, 6) is 1.07. The quantitative estimate of drug-likeness (QED) is 0.755. The predicted octanol–water partition coefficient (Wildman–Crippen LogP) is 2.91. The number of amides is 1. The van der Waals surface area contributed by atoms with Crippen LogP contribution < -0.4 is 20.5 Å². The van der Waals surface area contributed by atoms with Crippen molar-refractivity contribution in [2.24, 2.45) is 11.7 Å². The minimum Gasteiger partial charge on any atom is -0.493 e. The summed E-state index contributed by atoms with van der Waals surface area (Å²) in [6.45, 7) is 3.04. The van der Waals surface area contributed by atoms with Crippen LogP contribution in [0.5, 0.6) is 11.5 Å². The zero-order valence-electron chi connectivity index (χ0n) is 14.5. The van der Waals surface area contributed by atoms with Gasteiger partial charge in [0, 0.05) is 19.0 Å². The molecule has 1 amide bonds. The van der Waals surface area contributed by atoms with Crippen LogP contribution in [0, 0.1) is 5.92 Å². The normalized spacial score (nSPS) is 11.2. The van der Waals surface area contributed by atoms with Gasteiger partial charge in [0.05, 0.1) is 7.11 Å². The molecule has 25 heavy (non-hydrogen) atoms. The molecule has 1 unspecified atom stereocenters. The number of carbonyl (C=O) groups is 1. The molecule has 2 aromatic carbocycles. The van der Waals surface area contributed by atoms with Crippen molar-refractivity contribution in [3.8, 4) is 11.5 Å². The zero-order valence-corrected chi connectivity index (χ0v) is 15.3. The lowest BCUT2D eigenvalue weighted by atomic mass is 10.1. The Hall–Kier alpha value is -2.24. The number of carbonyl (C=O) groups excluding carboxylic acids is 1. The van der Waals surface area contributed by atoms with Gasteiger partial charge in [0.1, 0.15) is 6.61 Å². The highest BCUT2D eigenvalue weighted by Gasteiger charge is 2.11. The van der Waals surface area contributed by atoms with Gasteiger partial charge in [-0.2, -0.15) is 0 Å². The van der Waals surface area contributed by atoms with Gasteiger partial charge in [-0.1, -0.05) is 43.3 Å². The number of hydrogen-bond donors (Lipinski definition) is 2. The molecule has 0 saturated carbocycles. The van der Waals surface area contributed by atoms with E-state index in [1.165, 1.54) is 0 Å². The van der Waals surface area contributed by atoms with Crippen molar-refractivity contribution in [2.75, 3.05) is 13.7 Å². The Morgan fingerprint density at radius 1 is 1.12 bits per heavy atom. The van der Waals surface area contributed by atoms with Crippen molar-refractivity contribution in [3.63, 3.8) is 0 Å². The number of methoxy groups -OCH3 is 1. The molecule has 0 aliphatic rings. The van der Waals surface area contributed by atoms with E-state index >= 15 is 0 Å². The molecule has 0 aliphatic heterocycles. The summed E-state index contributed by atoms with van der Waals surface area (Å²) in [6.07, 6.45) is 0. The lowest BCUT2D eigenvalue weighted by Crippen LogP contribution is -2.32. The van der Waals surface area contributed by atoms with Crippen molar-refractivity contribution in [1.82, 2.24) is 5.32 Å². The third kappa shape index (κ3) is 6.29. The predicted molar refractivity (Wildman–Crippen MR) is 101 cm³/mol. The minimum atomic E-state index is -0.194. The molecule has 0 aliphatic carbocycles. The van der Waals surface area contributed by atoms with Crippen LogP contribution in [0.2, 0.25) is 0 Å². The number of nitrogens with two attached hydrogens (primary N) is 1. The van der Waals surface area contributed by atoms with E-state index in [0.29, 0.717) is 31.2 Å². The lowest BCUT2D eigenvalue weighted by molar-refractivity contribution is -0.124. The first-order valence-electron chi connectivity index (χ1n) is 7.95. The number of hydrogen-bond acceptors (Lipinski definition) is 4. The second-order valence-corrected chi connectivity index (χ2v) is 5.61. The van der Waals surface area contributed by atoms with Gasteiger partial charge in [0.2, 0.25) is 5.91 Å². The van der Waals surface area contributed by atoms with E-state index in [2.05, 4.69) is 5.32 Å². The second-order valence-electron chi connectivity index (χ2n) is 5.61. The number of ether oxygens (including phenoxy) is 2. The Balaban J connectivity index is 0.00000312. The first-order chi connectivity index (χ1) is 11.6. The Morgan fingerprint density at radius 3 is 2.48 bits per heavy atom. The molecule has 2 rings (SSSR count). The third-order valence-corrected chi connectivity index (χ3v) is 3.73. The fraction of sp³-hybridized carbons (Fsp3) is 0.316. The average molecular weight is 365 g/mol. The fourth-order valence-corrected chi connectivity index (χ4v) is 2.15. The van der Waals surface area contributed by atoms with E-state index in [1.54, 1.807) is 14.0 Å². The summed E-state index contributed by atoms with van der Waals surface area (Å²) in [4.78, 5) is 11.8. The van der Waals surface area contributed by atoms with Crippen LogP contribution in [-0.2, 0) is 17.9 Å². The summed E-state index contributed by atoms with van der Waals surface area (Å²) in [6, 6.07) is 15.6. The van der Waals surface area contributed by atoms with Gasteiger partial charge in [-0.15, -0.1) is 12.4 Å². The lowest BCUT2D eigenvalue weighted by Gasteiger charge is -2.14. The summed E-state index contributed by atoms with van der Waals surface area (Å²) in [5, 5.41) is 2.86. The summed E-state index contributed by atoms with van der Waals surface area (Å²) in [7, 11) is 1.60. The van der Waals surface area contributed by atoms with E-state index in [9.17, 15) is 4.79 Å². The maximum absolute atomic E-state index is 11.8. The van der Waals surface area contributed by atoms with Crippen molar-refractivity contribution in [2.45, 2.75) is 20.1 Å². The Labute approximate surface area is 154 Å². The van der Waals surface area contributed by atoms with E-state index in [1.807, 2.05) is 48.5 Å². The molecule has 0 radical (unpaired) electrons. The molecule has 0 heterocycles. The molecule has 0 spiro atoms. The molecular formula is C19H25ClN2O3. The third-order valence-electron chi connectivity index (χ3n) is 3.73. The topological polar surface area (TPSA) is 73.6 Å². The van der Waals surface area contributed by atoms with Crippen LogP contribution >= 0.6 is 12.4 Å². The van der Waals surface area contributed by atoms with E-state index in [0.717, 1.165) is 11.1 Å². The molecule has 0 fully saturated rings. The molecule has 6 heteroatoms. The van der Waals surface area contributed by atoms with Crippen LogP contribution in [0.25, 0.3) is 0 Å². The first-order valence-corrected chi connectivity index (χ1v) is 7.95. The van der Waals surface area contributed by atoms with Gasteiger partial charge in [-0.3, -0.25) is 4.79 Å². The van der Waals surface area contributed by atoms with Gasteiger partial charge < -0.3 is 20.5 Å². The van der Waals surface area contributed by atoms with Crippen molar-refractivity contribution >= 4 is 18.3 Å². The number of benzene rings is 2.